The number of carbonyl (C=O) groups excluding carboxylic acids is 3. The summed E-state index contributed by atoms with van der Waals surface area (Å²) in [5.74, 6) is -0.309. The lowest BCUT2D eigenvalue weighted by Crippen LogP contribution is -2.47. The van der Waals surface area contributed by atoms with Crippen molar-refractivity contribution in [2.45, 2.75) is 69.5 Å². The molecule has 0 bridgehead atoms. The maximum atomic E-state index is 13.9. The number of nitrogens with zero attached hydrogens (tertiary/aromatic N) is 6. The van der Waals surface area contributed by atoms with Crippen LogP contribution in [0.3, 0.4) is 0 Å². The lowest BCUT2D eigenvalue weighted by atomic mass is 9.68. The molecule has 12 heteroatoms. The van der Waals surface area contributed by atoms with Crippen LogP contribution in [-0.2, 0) is 23.1 Å². The van der Waals surface area contributed by atoms with Crippen LogP contribution in [-0.4, -0.2) is 95.5 Å². The van der Waals surface area contributed by atoms with Crippen LogP contribution in [0.5, 0.6) is 0 Å². The lowest BCUT2D eigenvalue weighted by molar-refractivity contribution is -0.132. The first-order valence-electron chi connectivity index (χ1n) is 17.6. The number of carbonyl (C=O) groups is 3. The number of amides is 3. The third kappa shape index (κ3) is 7.05. The van der Waals surface area contributed by atoms with Gasteiger partial charge in [-0.25, -0.2) is 4.39 Å². The summed E-state index contributed by atoms with van der Waals surface area (Å²) in [6.45, 7) is 3.75. The Balaban J connectivity index is 1.51. The van der Waals surface area contributed by atoms with E-state index in [9.17, 15) is 24.0 Å². The van der Waals surface area contributed by atoms with Crippen molar-refractivity contribution in [2.75, 3.05) is 34.7 Å². The Kier molecular flexibility index (Phi) is 10.3. The Labute approximate surface area is 303 Å². The number of rotatable bonds is 11. The molecule has 2 aliphatic carbocycles. The van der Waals surface area contributed by atoms with Gasteiger partial charge in [0, 0.05) is 57.0 Å². The van der Waals surface area contributed by atoms with Crippen LogP contribution < -0.4 is 5.32 Å². The van der Waals surface area contributed by atoms with Crippen LogP contribution in [0.15, 0.2) is 65.1 Å². The summed E-state index contributed by atoms with van der Waals surface area (Å²) in [7, 11) is 6.85. The summed E-state index contributed by atoms with van der Waals surface area (Å²) < 4.78 is 20.4. The summed E-state index contributed by atoms with van der Waals surface area (Å²) in [5.41, 5.74) is 4.07. The van der Waals surface area contributed by atoms with Crippen LogP contribution in [0.4, 0.5) is 4.39 Å². The molecule has 1 N–H and O–H groups in total. The summed E-state index contributed by atoms with van der Waals surface area (Å²) in [5, 5.41) is 22.1. The molecule has 0 aliphatic heterocycles. The van der Waals surface area contributed by atoms with Gasteiger partial charge in [-0.3, -0.25) is 14.4 Å². The Morgan fingerprint density at radius 1 is 0.904 bits per heavy atom. The van der Waals surface area contributed by atoms with Gasteiger partial charge in [-0.2, -0.15) is 5.26 Å². The van der Waals surface area contributed by atoms with Crippen molar-refractivity contribution >= 4 is 17.7 Å². The fraction of sp³-hybridized carbons (Fsp3) is 0.400. The summed E-state index contributed by atoms with van der Waals surface area (Å²) in [4.78, 5) is 44.6. The lowest BCUT2D eigenvalue weighted by Gasteiger charge is -2.36. The molecular formula is C40H44FN7O4. The van der Waals surface area contributed by atoms with Gasteiger partial charge in [0.1, 0.15) is 17.3 Å². The molecular weight excluding hydrogens is 661 g/mol. The largest absolute Gasteiger partial charge is 0.419 e. The van der Waals surface area contributed by atoms with Crippen molar-refractivity contribution in [3.05, 3.63) is 106 Å². The summed E-state index contributed by atoms with van der Waals surface area (Å²) in [6, 6.07) is 18.6. The molecule has 4 aromatic rings. The first-order chi connectivity index (χ1) is 24.8. The smallest absolute Gasteiger partial charge is 0.253 e. The van der Waals surface area contributed by atoms with Gasteiger partial charge in [-0.15, -0.1) is 10.2 Å². The Morgan fingerprint density at radius 2 is 1.46 bits per heavy atom. The quantitative estimate of drug-likeness (QED) is 0.231. The number of benzene rings is 3. The van der Waals surface area contributed by atoms with E-state index in [4.69, 9.17) is 4.42 Å². The van der Waals surface area contributed by atoms with Gasteiger partial charge in [-0.05, 0) is 117 Å². The molecule has 0 saturated heterocycles. The van der Waals surface area contributed by atoms with Crippen molar-refractivity contribution in [1.82, 2.24) is 30.2 Å². The molecule has 6 rings (SSSR count). The molecule has 0 spiro atoms. The number of nitriles is 1. The minimum Gasteiger partial charge on any atom is -0.419 e. The summed E-state index contributed by atoms with van der Waals surface area (Å²) >= 11 is 0. The fourth-order valence-corrected chi connectivity index (χ4v) is 7.31. The van der Waals surface area contributed by atoms with E-state index in [2.05, 4.69) is 21.6 Å². The van der Waals surface area contributed by atoms with Crippen molar-refractivity contribution in [3.63, 3.8) is 0 Å². The van der Waals surface area contributed by atoms with Gasteiger partial charge >= 0.3 is 0 Å². The van der Waals surface area contributed by atoms with Crippen LogP contribution in [0.2, 0.25) is 0 Å². The van der Waals surface area contributed by atoms with Gasteiger partial charge in [0.05, 0.1) is 12.6 Å². The van der Waals surface area contributed by atoms with Crippen molar-refractivity contribution in [1.29, 1.82) is 5.26 Å². The highest BCUT2D eigenvalue weighted by molar-refractivity contribution is 5.95. The zero-order valence-electron chi connectivity index (χ0n) is 30.4. The number of aromatic nitrogens is 2. The Bertz CT molecular complexity index is 1960. The average Bonchev–Trinajstić information content (AvgIpc) is 3.87. The van der Waals surface area contributed by atoms with E-state index in [1.54, 1.807) is 64.3 Å². The molecule has 1 fully saturated rings. The fourth-order valence-electron chi connectivity index (χ4n) is 7.31. The van der Waals surface area contributed by atoms with Crippen LogP contribution in [0.25, 0.3) is 11.5 Å². The van der Waals surface area contributed by atoms with E-state index in [-0.39, 0.29) is 48.1 Å². The van der Waals surface area contributed by atoms with E-state index >= 15 is 0 Å². The van der Waals surface area contributed by atoms with Crippen molar-refractivity contribution in [2.24, 2.45) is 0 Å². The second-order valence-corrected chi connectivity index (χ2v) is 14.3. The van der Waals surface area contributed by atoms with Gasteiger partial charge < -0.3 is 24.4 Å². The van der Waals surface area contributed by atoms with Crippen LogP contribution in [0, 0.1) is 17.1 Å². The van der Waals surface area contributed by atoms with Gasteiger partial charge in [0.25, 0.3) is 11.8 Å². The van der Waals surface area contributed by atoms with Crippen molar-refractivity contribution < 1.29 is 23.2 Å². The maximum absolute atomic E-state index is 13.9. The monoisotopic (exact) mass is 705 g/mol. The molecule has 1 aromatic heterocycles. The minimum atomic E-state index is -1.10. The second-order valence-electron chi connectivity index (χ2n) is 14.3. The van der Waals surface area contributed by atoms with Gasteiger partial charge in [0.2, 0.25) is 17.7 Å². The third-order valence-corrected chi connectivity index (χ3v) is 10.0. The van der Waals surface area contributed by atoms with E-state index in [0.29, 0.717) is 36.0 Å². The number of aryl methyl sites for hydroxylation is 2. The van der Waals surface area contributed by atoms with Crippen LogP contribution in [0.1, 0.15) is 82.0 Å². The molecule has 1 heterocycles. The second kappa shape index (κ2) is 14.7. The Hall–Kier alpha value is -5.41. The predicted octanol–water partition coefficient (Wildman–Crippen LogP) is 4.98. The number of nitrogens with one attached hydrogen (secondary N) is 1. The van der Waals surface area contributed by atoms with E-state index < -0.39 is 17.3 Å². The van der Waals surface area contributed by atoms with Crippen LogP contribution >= 0.6 is 0 Å². The van der Waals surface area contributed by atoms with Gasteiger partial charge in [0.15, 0.2) is 0 Å². The zero-order chi connectivity index (χ0) is 37.3. The van der Waals surface area contributed by atoms with E-state index in [1.165, 1.54) is 21.9 Å². The molecule has 0 radical (unpaired) electrons. The molecule has 2 aliphatic rings. The van der Waals surface area contributed by atoms with Crippen molar-refractivity contribution in [3.8, 4) is 17.5 Å². The normalized spacial score (nSPS) is 15.7. The first kappa shape index (κ1) is 36.4. The summed E-state index contributed by atoms with van der Waals surface area (Å²) in [6.07, 6.45) is 3.26. The molecule has 3 amide bonds. The minimum absolute atomic E-state index is 0.0245. The highest BCUT2D eigenvalue weighted by Gasteiger charge is 2.47. The maximum Gasteiger partial charge on any atom is 0.253 e. The molecule has 3 aromatic carbocycles. The average molecular weight is 706 g/mol. The predicted molar refractivity (Wildman–Crippen MR) is 193 cm³/mol. The zero-order valence-corrected chi connectivity index (χ0v) is 30.4. The molecule has 2 atom stereocenters. The molecule has 1 saturated carbocycles. The standard InChI is InChI=1S/C40H44FN7O4/c1-24(43-23-35(49)48(25(2)22-42)32-15-16-32)21-40(39-45-44-36(52-39)26-9-13-31(41)14-10-26)33-17-11-29(37(50)46(3)4)19-27(33)7-8-28-20-30(12-18-34(28)40)38(51)47(5)6/h9-14,17-20,24-25,32,43H,7-8,15-16,21,23H2,1-6H3/t24-,25?/m0/s1. The first-order valence-corrected chi connectivity index (χ1v) is 17.6. The van der Waals surface area contributed by atoms with Gasteiger partial charge in [-0.1, -0.05) is 12.1 Å². The molecule has 1 unspecified atom stereocenters. The van der Waals surface area contributed by atoms with E-state index in [0.717, 1.165) is 35.1 Å². The Morgan fingerprint density at radius 3 is 1.96 bits per heavy atom. The number of hydrogen-bond donors (Lipinski definition) is 1. The molecule has 11 nitrogen and oxygen atoms in total. The highest BCUT2D eigenvalue weighted by atomic mass is 19.1. The molecule has 270 valence electrons. The topological polar surface area (TPSA) is 136 Å². The van der Waals surface area contributed by atoms with E-state index in [1.807, 2.05) is 31.2 Å². The highest BCUT2D eigenvalue weighted by Crippen LogP contribution is 2.48. The third-order valence-electron chi connectivity index (χ3n) is 10.0. The number of halogens is 1. The number of hydrogen-bond acceptors (Lipinski definition) is 8. The SMILES string of the molecule is CC(C#N)N(C(=O)CN[C@@H](C)CC1(c2nnc(-c3ccc(F)cc3)o2)c2ccc(C(=O)N(C)C)cc2CCc2cc(C(=O)N(C)C)ccc21)C1CC1. The number of fused-ring (bicyclic) bond motifs is 2. The molecule has 52 heavy (non-hydrogen) atoms.